The smallest absolute Gasteiger partial charge is 0.326 e. The Morgan fingerprint density at radius 3 is 1.19 bits per heavy atom. The van der Waals surface area contributed by atoms with E-state index in [1.54, 1.807) is 102 Å². The molecule has 0 aliphatic carbocycles. The number of carbonyl (C=O) groups excluding carboxylic acids is 9. The van der Waals surface area contributed by atoms with E-state index in [-0.39, 0.29) is 25.2 Å². The SMILES string of the molecule is CC(C)C[C@H](NC(=O)[C@@H](N)Cc1ccccc1)C(=O)N[C@@H](CC(=O)O)C(=O)N[C@@H](CCC(N)=O)C(=O)N[C@H](C(=O)N[C@@H](CC(=O)O)C(=O)N[C@@H](Cc1ccccc1)C(=O)N[C@H](C(=O)N[C@H](C(=O)O)C(C)C)C(C)C)C(C)C. The van der Waals surface area contributed by atoms with E-state index < -0.39 is 169 Å². The van der Waals surface area contributed by atoms with Crippen molar-refractivity contribution in [1.29, 1.82) is 0 Å². The predicted molar refractivity (Wildman–Crippen MR) is 278 cm³/mol. The van der Waals surface area contributed by atoms with Crippen LogP contribution in [-0.4, -0.2) is 141 Å². The van der Waals surface area contributed by atoms with Crippen LogP contribution in [0.15, 0.2) is 60.7 Å². The van der Waals surface area contributed by atoms with Crippen molar-refractivity contribution < 1.29 is 72.9 Å². The summed E-state index contributed by atoms with van der Waals surface area (Å²) >= 11 is 0. The van der Waals surface area contributed by atoms with Gasteiger partial charge in [0.1, 0.15) is 48.3 Å². The Balaban J connectivity index is 2.41. The first-order valence-corrected chi connectivity index (χ1v) is 25.2. The van der Waals surface area contributed by atoms with Crippen LogP contribution in [-0.2, 0) is 70.4 Å². The van der Waals surface area contributed by atoms with E-state index in [0.717, 1.165) is 5.56 Å². The van der Waals surface area contributed by atoms with Crippen LogP contribution >= 0.6 is 0 Å². The molecule has 77 heavy (non-hydrogen) atoms. The lowest BCUT2D eigenvalue weighted by atomic mass is 9.98. The molecule has 0 aliphatic heterocycles. The summed E-state index contributed by atoms with van der Waals surface area (Å²) in [4.78, 5) is 158. The molecule has 0 spiro atoms. The fraction of sp³-hybridized carbons (Fsp3) is 0.538. The predicted octanol–water partition coefficient (Wildman–Crippen LogP) is -1.01. The second kappa shape index (κ2) is 31.8. The van der Waals surface area contributed by atoms with Crippen LogP contribution in [0.2, 0.25) is 0 Å². The minimum Gasteiger partial charge on any atom is -0.481 e. The third kappa shape index (κ3) is 23.2. The fourth-order valence-electron chi connectivity index (χ4n) is 7.74. The molecule has 0 unspecified atom stereocenters. The van der Waals surface area contributed by atoms with E-state index >= 15 is 0 Å². The monoisotopic (exact) mass is 1080 g/mol. The first-order valence-electron chi connectivity index (χ1n) is 25.2. The Kier molecular flexibility index (Phi) is 26.9. The molecule has 9 atom stereocenters. The van der Waals surface area contributed by atoms with Crippen LogP contribution in [0, 0.1) is 23.7 Å². The van der Waals surface area contributed by atoms with Gasteiger partial charge in [0, 0.05) is 12.8 Å². The van der Waals surface area contributed by atoms with Crippen molar-refractivity contribution in [3.63, 3.8) is 0 Å². The standard InChI is InChI=1S/C52H76N10O15/c1-26(2)21-34(56-44(68)32(53)22-30-15-11-9-12-16-30)46(70)58-36(24-39(64)65)47(71)55-33(19-20-38(54)63)45(69)60-41(27(3)4)50(74)59-37(25-40(66)67)48(72)57-35(23-31-17-13-10-14-18-31)49(73)61-42(28(5)6)51(75)62-43(29(7)8)52(76)77/h9-18,26-29,32-37,41-43H,19-25,53H2,1-8H3,(H2,54,63)(H,55,71)(H,56,68)(H,57,72)(H,58,70)(H,59,74)(H,60,69)(H,61,73)(H,62,75)(H,64,65)(H,66,67)(H,76,77)/t32-,33-,34-,35-,36-,37-,41-,42-,43-/m0/s1. The van der Waals surface area contributed by atoms with E-state index in [1.807, 2.05) is 0 Å². The summed E-state index contributed by atoms with van der Waals surface area (Å²) in [6.45, 7) is 12.8. The Morgan fingerprint density at radius 1 is 0.429 bits per heavy atom. The Morgan fingerprint density at radius 2 is 0.779 bits per heavy atom. The van der Waals surface area contributed by atoms with Crippen LogP contribution in [0.1, 0.15) is 98.6 Å². The maximum absolute atomic E-state index is 14.0. The molecule has 2 aromatic carbocycles. The maximum Gasteiger partial charge on any atom is 0.326 e. The highest BCUT2D eigenvalue weighted by Crippen LogP contribution is 2.13. The number of hydrogen-bond donors (Lipinski definition) is 13. The molecule has 15 N–H and O–H groups in total. The van der Waals surface area contributed by atoms with Crippen LogP contribution in [0.4, 0.5) is 0 Å². The number of carboxylic acid groups (broad SMARTS) is 3. The van der Waals surface area contributed by atoms with Gasteiger partial charge in [-0.15, -0.1) is 0 Å². The van der Waals surface area contributed by atoms with Crippen LogP contribution in [0.5, 0.6) is 0 Å². The zero-order valence-electron chi connectivity index (χ0n) is 44.6. The van der Waals surface area contributed by atoms with E-state index in [1.165, 1.54) is 13.8 Å². The third-order valence-electron chi connectivity index (χ3n) is 12.0. The van der Waals surface area contributed by atoms with Crippen LogP contribution in [0.25, 0.3) is 0 Å². The number of hydrogen-bond acceptors (Lipinski definition) is 13. The summed E-state index contributed by atoms with van der Waals surface area (Å²) in [5.74, 6) is -15.6. The molecule has 0 saturated heterocycles. The summed E-state index contributed by atoms with van der Waals surface area (Å²) in [7, 11) is 0. The van der Waals surface area contributed by atoms with E-state index in [4.69, 9.17) is 11.5 Å². The Bertz CT molecular complexity index is 2390. The molecule has 25 heteroatoms. The Hall–Kier alpha value is -7.96. The maximum atomic E-state index is 14.0. The number of carbonyl (C=O) groups is 12. The van der Waals surface area contributed by atoms with Crippen molar-refractivity contribution in [3.05, 3.63) is 71.8 Å². The molecule has 9 amide bonds. The van der Waals surface area contributed by atoms with Crippen molar-refractivity contribution in [2.75, 3.05) is 0 Å². The van der Waals surface area contributed by atoms with Crippen molar-refractivity contribution in [2.24, 2.45) is 35.1 Å². The molecule has 0 fully saturated rings. The molecule has 0 saturated carbocycles. The number of primary amides is 1. The number of aliphatic carboxylic acids is 3. The van der Waals surface area contributed by atoms with Gasteiger partial charge < -0.3 is 69.3 Å². The lowest BCUT2D eigenvalue weighted by Gasteiger charge is -2.29. The molecular formula is C52H76N10O15. The van der Waals surface area contributed by atoms with Gasteiger partial charge in [0.15, 0.2) is 0 Å². The first kappa shape index (κ1) is 65.2. The molecule has 0 aliphatic rings. The van der Waals surface area contributed by atoms with E-state index in [2.05, 4.69) is 42.5 Å². The van der Waals surface area contributed by atoms with Crippen molar-refractivity contribution in [3.8, 4) is 0 Å². The average Bonchev–Trinajstić information content (AvgIpc) is 3.33. The minimum absolute atomic E-state index is 0.0350. The second-order valence-corrected chi connectivity index (χ2v) is 20.2. The zero-order chi connectivity index (χ0) is 58.3. The quantitative estimate of drug-likeness (QED) is 0.0407. The van der Waals surface area contributed by atoms with Gasteiger partial charge >= 0.3 is 17.9 Å². The summed E-state index contributed by atoms with van der Waals surface area (Å²) in [6, 6.07) is 3.44. The van der Waals surface area contributed by atoms with Gasteiger partial charge in [0.2, 0.25) is 53.2 Å². The highest BCUT2D eigenvalue weighted by Gasteiger charge is 2.37. The molecule has 25 nitrogen and oxygen atoms in total. The molecule has 0 bridgehead atoms. The topological polar surface area (TPSA) is 414 Å². The van der Waals surface area contributed by atoms with Gasteiger partial charge in [-0.3, -0.25) is 52.7 Å². The van der Waals surface area contributed by atoms with Gasteiger partial charge in [-0.1, -0.05) is 116 Å². The number of amides is 9. The van der Waals surface area contributed by atoms with Gasteiger partial charge in [0.25, 0.3) is 0 Å². The zero-order valence-corrected chi connectivity index (χ0v) is 44.6. The third-order valence-corrected chi connectivity index (χ3v) is 12.0. The largest absolute Gasteiger partial charge is 0.481 e. The number of nitrogens with two attached hydrogens (primary N) is 2. The molecular weight excluding hydrogens is 1000 g/mol. The van der Waals surface area contributed by atoms with Gasteiger partial charge in [-0.25, -0.2) is 4.79 Å². The molecule has 0 heterocycles. The van der Waals surface area contributed by atoms with Crippen molar-refractivity contribution in [1.82, 2.24) is 42.5 Å². The fourth-order valence-corrected chi connectivity index (χ4v) is 7.74. The minimum atomic E-state index is -1.91. The summed E-state index contributed by atoms with van der Waals surface area (Å²) in [6.07, 6.45) is -3.15. The van der Waals surface area contributed by atoms with Gasteiger partial charge in [0.05, 0.1) is 18.9 Å². The molecule has 424 valence electrons. The van der Waals surface area contributed by atoms with Gasteiger partial charge in [-0.05, 0) is 54.1 Å². The van der Waals surface area contributed by atoms with Crippen LogP contribution < -0.4 is 54.0 Å². The van der Waals surface area contributed by atoms with E-state index in [0.29, 0.717) is 5.56 Å². The normalized spacial score (nSPS) is 14.7. The highest BCUT2D eigenvalue weighted by atomic mass is 16.4. The van der Waals surface area contributed by atoms with Crippen molar-refractivity contribution in [2.45, 2.75) is 155 Å². The highest BCUT2D eigenvalue weighted by molar-refractivity contribution is 5.99. The molecule has 2 rings (SSSR count). The Labute approximate surface area is 446 Å². The summed E-state index contributed by atoms with van der Waals surface area (Å²) < 4.78 is 0. The van der Waals surface area contributed by atoms with Gasteiger partial charge in [-0.2, -0.15) is 0 Å². The summed E-state index contributed by atoms with van der Waals surface area (Å²) in [5, 5.41) is 48.7. The number of rotatable bonds is 33. The number of benzene rings is 2. The molecule has 0 aromatic heterocycles. The second-order valence-electron chi connectivity index (χ2n) is 20.2. The lowest BCUT2D eigenvalue weighted by molar-refractivity contribution is -0.144. The van der Waals surface area contributed by atoms with Crippen molar-refractivity contribution >= 4 is 71.1 Å². The molecule has 2 aromatic rings. The number of carboxylic acids is 3. The van der Waals surface area contributed by atoms with Crippen LogP contribution in [0.3, 0.4) is 0 Å². The molecule has 0 radical (unpaired) electrons. The van der Waals surface area contributed by atoms with E-state index in [9.17, 15) is 72.9 Å². The lowest BCUT2D eigenvalue weighted by Crippen LogP contribution is -2.62. The average molecular weight is 1080 g/mol. The summed E-state index contributed by atoms with van der Waals surface area (Å²) in [5.41, 5.74) is 12.8. The number of nitrogens with one attached hydrogen (secondary N) is 8. The first-order chi connectivity index (χ1) is 36.0.